The van der Waals surface area contributed by atoms with Crippen LogP contribution in [0.15, 0.2) is 6.07 Å². The number of nitrogens with zero attached hydrogens (tertiary/aromatic N) is 6. The van der Waals surface area contributed by atoms with Crippen LogP contribution in [-0.2, 0) is 18.4 Å². The fraction of sp³-hybridized carbons (Fsp3) is 0.647. The number of anilines is 1. The summed E-state index contributed by atoms with van der Waals surface area (Å²) in [6.07, 6.45) is 2.27. The molecule has 1 fully saturated rings. The Morgan fingerprint density at radius 1 is 1.32 bits per heavy atom. The van der Waals surface area contributed by atoms with E-state index in [1.165, 1.54) is 0 Å². The Kier molecular flexibility index (Phi) is 5.17. The first kappa shape index (κ1) is 17.6. The van der Waals surface area contributed by atoms with Crippen molar-refractivity contribution in [1.82, 2.24) is 29.4 Å². The Morgan fingerprint density at radius 3 is 2.76 bits per heavy atom. The van der Waals surface area contributed by atoms with Gasteiger partial charge in [-0.1, -0.05) is 0 Å². The standard InChI is InChI=1S/C17H27N7O/c1-12-8-16(22(4)20-12)19-17(25)11-23-7-5-6-15(9-23)10-24-14(3)18-13(2)21-24/h8,15H,5-7,9-11H2,1-4H3,(H,19,25)/t15-/m0/s1. The van der Waals surface area contributed by atoms with E-state index in [1.807, 2.05) is 38.6 Å². The molecule has 1 saturated heterocycles. The molecule has 0 bridgehead atoms. The van der Waals surface area contributed by atoms with Crippen LogP contribution < -0.4 is 5.32 Å². The molecule has 1 aliphatic heterocycles. The average Bonchev–Trinajstić information content (AvgIpc) is 3.00. The summed E-state index contributed by atoms with van der Waals surface area (Å²) in [6, 6.07) is 1.88. The van der Waals surface area contributed by atoms with E-state index in [4.69, 9.17) is 0 Å². The van der Waals surface area contributed by atoms with Gasteiger partial charge in [0.1, 0.15) is 17.5 Å². The summed E-state index contributed by atoms with van der Waals surface area (Å²) in [4.78, 5) is 18.9. The third-order valence-corrected chi connectivity index (χ3v) is 4.63. The minimum absolute atomic E-state index is 0.0106. The predicted molar refractivity (Wildman–Crippen MR) is 95.2 cm³/mol. The van der Waals surface area contributed by atoms with Crippen LogP contribution >= 0.6 is 0 Å². The predicted octanol–water partition coefficient (Wildman–Crippen LogP) is 1.29. The molecule has 0 spiro atoms. The SMILES string of the molecule is Cc1cc(NC(=O)CN2CCC[C@H](Cn3nc(C)nc3C)C2)n(C)n1. The van der Waals surface area contributed by atoms with E-state index in [-0.39, 0.29) is 5.91 Å². The zero-order valence-corrected chi connectivity index (χ0v) is 15.5. The summed E-state index contributed by atoms with van der Waals surface area (Å²) < 4.78 is 3.68. The van der Waals surface area contributed by atoms with Crippen LogP contribution in [0.2, 0.25) is 0 Å². The fourth-order valence-electron chi connectivity index (χ4n) is 3.54. The number of carbonyl (C=O) groups excluding carboxylic acids is 1. The molecule has 2 aromatic rings. The van der Waals surface area contributed by atoms with Crippen LogP contribution in [0, 0.1) is 26.7 Å². The van der Waals surface area contributed by atoms with Crippen molar-refractivity contribution in [3.63, 3.8) is 0 Å². The van der Waals surface area contributed by atoms with E-state index in [1.54, 1.807) is 4.68 Å². The van der Waals surface area contributed by atoms with Crippen LogP contribution in [-0.4, -0.2) is 55.0 Å². The Balaban J connectivity index is 1.53. The van der Waals surface area contributed by atoms with Crippen molar-refractivity contribution in [1.29, 1.82) is 0 Å². The van der Waals surface area contributed by atoms with E-state index in [0.29, 0.717) is 12.5 Å². The Bertz CT molecular complexity index is 748. The lowest BCUT2D eigenvalue weighted by molar-refractivity contribution is -0.117. The van der Waals surface area contributed by atoms with Crippen molar-refractivity contribution in [3.05, 3.63) is 23.4 Å². The van der Waals surface area contributed by atoms with Gasteiger partial charge in [0.05, 0.1) is 12.2 Å². The molecule has 0 aromatic carbocycles. The molecule has 2 aromatic heterocycles. The largest absolute Gasteiger partial charge is 0.310 e. The Morgan fingerprint density at radius 2 is 2.12 bits per heavy atom. The minimum Gasteiger partial charge on any atom is -0.310 e. The molecule has 3 rings (SSSR count). The number of hydrogen-bond donors (Lipinski definition) is 1. The normalized spacial score (nSPS) is 18.5. The van der Waals surface area contributed by atoms with Gasteiger partial charge in [0.2, 0.25) is 5.91 Å². The average molecular weight is 345 g/mol. The number of piperidine rings is 1. The van der Waals surface area contributed by atoms with Gasteiger partial charge >= 0.3 is 0 Å². The summed E-state index contributed by atoms with van der Waals surface area (Å²) in [5.74, 6) is 3.02. The monoisotopic (exact) mass is 345 g/mol. The molecule has 0 radical (unpaired) electrons. The van der Waals surface area contributed by atoms with Crippen LogP contribution in [0.3, 0.4) is 0 Å². The van der Waals surface area contributed by atoms with Gasteiger partial charge in [-0.05, 0) is 46.1 Å². The zero-order chi connectivity index (χ0) is 18.0. The number of carbonyl (C=O) groups is 1. The molecule has 25 heavy (non-hydrogen) atoms. The smallest absolute Gasteiger partial charge is 0.239 e. The number of nitrogens with one attached hydrogen (secondary N) is 1. The van der Waals surface area contributed by atoms with Crippen molar-refractivity contribution in [2.75, 3.05) is 25.0 Å². The molecule has 1 atom stereocenters. The third-order valence-electron chi connectivity index (χ3n) is 4.63. The topological polar surface area (TPSA) is 80.9 Å². The molecule has 1 amide bonds. The molecule has 8 heteroatoms. The minimum atomic E-state index is 0.0106. The highest BCUT2D eigenvalue weighted by Gasteiger charge is 2.23. The van der Waals surface area contributed by atoms with Gasteiger partial charge in [-0.15, -0.1) is 0 Å². The Labute approximate surface area is 148 Å². The fourth-order valence-corrected chi connectivity index (χ4v) is 3.54. The molecular formula is C17H27N7O. The number of aryl methyl sites for hydroxylation is 4. The lowest BCUT2D eigenvalue weighted by Crippen LogP contribution is -2.41. The van der Waals surface area contributed by atoms with E-state index >= 15 is 0 Å². The molecule has 8 nitrogen and oxygen atoms in total. The summed E-state index contributed by atoms with van der Waals surface area (Å²) in [7, 11) is 1.84. The molecule has 1 aliphatic rings. The lowest BCUT2D eigenvalue weighted by atomic mass is 9.98. The highest BCUT2D eigenvalue weighted by atomic mass is 16.2. The van der Waals surface area contributed by atoms with Crippen LogP contribution in [0.1, 0.15) is 30.2 Å². The zero-order valence-electron chi connectivity index (χ0n) is 15.5. The van der Waals surface area contributed by atoms with E-state index in [0.717, 1.165) is 55.6 Å². The number of likely N-dealkylation sites (tertiary alicyclic amines) is 1. The van der Waals surface area contributed by atoms with Crippen molar-refractivity contribution >= 4 is 11.7 Å². The molecule has 1 N–H and O–H groups in total. The van der Waals surface area contributed by atoms with E-state index in [2.05, 4.69) is 25.4 Å². The second kappa shape index (κ2) is 7.35. The molecule has 0 unspecified atom stereocenters. The Hall–Kier alpha value is -2.22. The maximum atomic E-state index is 12.3. The van der Waals surface area contributed by atoms with Gasteiger partial charge in [0.15, 0.2) is 0 Å². The van der Waals surface area contributed by atoms with Gasteiger partial charge in [-0.2, -0.15) is 10.2 Å². The molecule has 3 heterocycles. The number of amides is 1. The first-order valence-electron chi connectivity index (χ1n) is 8.81. The molecular weight excluding hydrogens is 318 g/mol. The summed E-state index contributed by atoms with van der Waals surface area (Å²) in [5, 5.41) is 11.7. The van der Waals surface area contributed by atoms with Crippen LogP contribution in [0.5, 0.6) is 0 Å². The van der Waals surface area contributed by atoms with E-state index < -0.39 is 0 Å². The maximum absolute atomic E-state index is 12.3. The number of rotatable bonds is 5. The van der Waals surface area contributed by atoms with Gasteiger partial charge < -0.3 is 5.32 Å². The van der Waals surface area contributed by atoms with Crippen molar-refractivity contribution < 1.29 is 4.79 Å². The maximum Gasteiger partial charge on any atom is 0.239 e. The van der Waals surface area contributed by atoms with Gasteiger partial charge in [0, 0.05) is 26.2 Å². The molecule has 136 valence electrons. The third kappa shape index (κ3) is 4.45. The van der Waals surface area contributed by atoms with E-state index in [9.17, 15) is 4.79 Å². The highest BCUT2D eigenvalue weighted by molar-refractivity contribution is 5.91. The second-order valence-electron chi connectivity index (χ2n) is 6.97. The number of hydrogen-bond acceptors (Lipinski definition) is 5. The second-order valence-corrected chi connectivity index (χ2v) is 6.97. The summed E-state index contributed by atoms with van der Waals surface area (Å²) in [6.45, 7) is 8.98. The van der Waals surface area contributed by atoms with Crippen LogP contribution in [0.4, 0.5) is 5.82 Å². The van der Waals surface area contributed by atoms with Crippen molar-refractivity contribution in [2.24, 2.45) is 13.0 Å². The van der Waals surface area contributed by atoms with Crippen molar-refractivity contribution in [3.8, 4) is 0 Å². The summed E-state index contributed by atoms with van der Waals surface area (Å²) >= 11 is 0. The van der Waals surface area contributed by atoms with Gasteiger partial charge in [0.25, 0.3) is 0 Å². The highest BCUT2D eigenvalue weighted by Crippen LogP contribution is 2.19. The molecule has 0 aliphatic carbocycles. The summed E-state index contributed by atoms with van der Waals surface area (Å²) in [5.41, 5.74) is 0.898. The van der Waals surface area contributed by atoms with Crippen LogP contribution in [0.25, 0.3) is 0 Å². The van der Waals surface area contributed by atoms with Gasteiger partial charge in [-0.25, -0.2) is 9.67 Å². The number of aromatic nitrogens is 5. The first-order chi connectivity index (χ1) is 11.9. The molecule has 0 saturated carbocycles. The quantitative estimate of drug-likeness (QED) is 0.883. The van der Waals surface area contributed by atoms with Crippen molar-refractivity contribution in [2.45, 2.75) is 40.2 Å². The first-order valence-corrected chi connectivity index (χ1v) is 8.81. The van der Waals surface area contributed by atoms with Gasteiger partial charge in [-0.3, -0.25) is 14.4 Å². The lowest BCUT2D eigenvalue weighted by Gasteiger charge is -2.32.